The van der Waals surface area contributed by atoms with Gasteiger partial charge in [0.1, 0.15) is 0 Å². The maximum absolute atomic E-state index is 11.9. The summed E-state index contributed by atoms with van der Waals surface area (Å²) in [6, 6.07) is 5.55. The molecule has 3 heterocycles. The van der Waals surface area contributed by atoms with Crippen molar-refractivity contribution in [2.75, 3.05) is 5.32 Å². The van der Waals surface area contributed by atoms with Crippen LogP contribution in [0, 0.1) is 6.92 Å². The van der Waals surface area contributed by atoms with Crippen molar-refractivity contribution in [3.05, 3.63) is 40.5 Å². The summed E-state index contributed by atoms with van der Waals surface area (Å²) in [5.74, 6) is 0.274. The molecule has 0 aromatic carbocycles. The molecule has 1 N–H and O–H groups in total. The van der Waals surface area contributed by atoms with E-state index in [2.05, 4.69) is 20.5 Å². The van der Waals surface area contributed by atoms with E-state index in [1.165, 1.54) is 11.3 Å². The summed E-state index contributed by atoms with van der Waals surface area (Å²) < 4.78 is 1.73. The minimum absolute atomic E-state index is 0.150. The van der Waals surface area contributed by atoms with Crippen molar-refractivity contribution < 1.29 is 4.79 Å². The van der Waals surface area contributed by atoms with Crippen LogP contribution in [-0.4, -0.2) is 25.5 Å². The van der Waals surface area contributed by atoms with Gasteiger partial charge in [-0.2, -0.15) is 0 Å². The fourth-order valence-corrected chi connectivity index (χ4v) is 2.36. The number of fused-ring (bicyclic) bond motifs is 1. The average molecular weight is 273 g/mol. The third kappa shape index (κ3) is 2.45. The van der Waals surface area contributed by atoms with Crippen molar-refractivity contribution in [3.63, 3.8) is 0 Å². The Morgan fingerprint density at radius 3 is 3.11 bits per heavy atom. The number of aryl methyl sites for hydroxylation is 1. The average Bonchev–Trinajstić information content (AvgIpc) is 2.97. The standard InChI is InChI=1S/C12H11N5OS/c1-8-13-9(7-19-8)6-11(18)14-12-16-15-10-4-2-3-5-17(10)12/h2-5,7H,6H2,1H3,(H,14,16,18). The van der Waals surface area contributed by atoms with Gasteiger partial charge in [0.05, 0.1) is 17.1 Å². The Morgan fingerprint density at radius 1 is 1.42 bits per heavy atom. The van der Waals surface area contributed by atoms with E-state index in [1.807, 2.05) is 30.5 Å². The van der Waals surface area contributed by atoms with E-state index in [4.69, 9.17) is 0 Å². The zero-order chi connectivity index (χ0) is 13.2. The topological polar surface area (TPSA) is 72.2 Å². The van der Waals surface area contributed by atoms with Crippen molar-refractivity contribution in [2.24, 2.45) is 0 Å². The summed E-state index contributed by atoms with van der Waals surface area (Å²) in [7, 11) is 0. The van der Waals surface area contributed by atoms with Gasteiger partial charge in [0.25, 0.3) is 0 Å². The first kappa shape index (κ1) is 11.8. The third-order valence-electron chi connectivity index (χ3n) is 2.57. The largest absolute Gasteiger partial charge is 0.294 e. The van der Waals surface area contributed by atoms with Gasteiger partial charge in [0.2, 0.25) is 11.9 Å². The highest BCUT2D eigenvalue weighted by Gasteiger charge is 2.10. The molecule has 19 heavy (non-hydrogen) atoms. The summed E-state index contributed by atoms with van der Waals surface area (Å²) in [5.41, 5.74) is 1.47. The van der Waals surface area contributed by atoms with Crippen molar-refractivity contribution in [1.29, 1.82) is 0 Å². The number of aromatic nitrogens is 4. The molecule has 0 aliphatic rings. The van der Waals surface area contributed by atoms with E-state index in [9.17, 15) is 4.79 Å². The van der Waals surface area contributed by atoms with Crippen molar-refractivity contribution in [1.82, 2.24) is 19.6 Å². The first-order chi connectivity index (χ1) is 9.22. The number of amides is 1. The van der Waals surface area contributed by atoms with Gasteiger partial charge in [-0.3, -0.25) is 14.5 Å². The van der Waals surface area contributed by atoms with Crippen LogP contribution in [0.15, 0.2) is 29.8 Å². The van der Waals surface area contributed by atoms with E-state index in [-0.39, 0.29) is 12.3 Å². The van der Waals surface area contributed by atoms with Crippen LogP contribution in [0.5, 0.6) is 0 Å². The van der Waals surface area contributed by atoms with E-state index >= 15 is 0 Å². The van der Waals surface area contributed by atoms with Crippen LogP contribution in [0.3, 0.4) is 0 Å². The van der Waals surface area contributed by atoms with Crippen LogP contribution < -0.4 is 5.32 Å². The normalized spacial score (nSPS) is 10.8. The van der Waals surface area contributed by atoms with Crippen molar-refractivity contribution in [2.45, 2.75) is 13.3 Å². The van der Waals surface area contributed by atoms with Crippen LogP contribution >= 0.6 is 11.3 Å². The highest BCUT2D eigenvalue weighted by molar-refractivity contribution is 7.09. The molecular formula is C12H11N5OS. The van der Waals surface area contributed by atoms with Gasteiger partial charge in [-0.25, -0.2) is 4.98 Å². The van der Waals surface area contributed by atoms with Gasteiger partial charge in [-0.1, -0.05) is 6.07 Å². The van der Waals surface area contributed by atoms with E-state index in [0.29, 0.717) is 11.6 Å². The first-order valence-electron chi connectivity index (χ1n) is 5.73. The number of carbonyl (C=O) groups is 1. The molecular weight excluding hydrogens is 262 g/mol. The Kier molecular flexibility index (Phi) is 2.96. The Balaban J connectivity index is 1.76. The zero-order valence-electron chi connectivity index (χ0n) is 10.2. The minimum Gasteiger partial charge on any atom is -0.294 e. The van der Waals surface area contributed by atoms with E-state index in [0.717, 1.165) is 10.7 Å². The fraction of sp³-hybridized carbons (Fsp3) is 0.167. The molecule has 0 aliphatic heterocycles. The molecule has 6 nitrogen and oxygen atoms in total. The molecule has 0 spiro atoms. The number of nitrogens with one attached hydrogen (secondary N) is 1. The maximum Gasteiger partial charge on any atom is 0.235 e. The van der Waals surface area contributed by atoms with Gasteiger partial charge < -0.3 is 0 Å². The number of anilines is 1. The number of pyridine rings is 1. The lowest BCUT2D eigenvalue weighted by molar-refractivity contribution is -0.115. The summed E-state index contributed by atoms with van der Waals surface area (Å²) in [4.78, 5) is 16.2. The second kappa shape index (κ2) is 4.77. The molecule has 0 saturated heterocycles. The Labute approximate surface area is 113 Å². The Bertz CT molecular complexity index is 732. The number of hydrogen-bond donors (Lipinski definition) is 1. The third-order valence-corrected chi connectivity index (χ3v) is 3.40. The summed E-state index contributed by atoms with van der Waals surface area (Å²) >= 11 is 1.53. The maximum atomic E-state index is 11.9. The number of hydrogen-bond acceptors (Lipinski definition) is 5. The van der Waals surface area contributed by atoms with E-state index in [1.54, 1.807) is 10.6 Å². The van der Waals surface area contributed by atoms with Gasteiger partial charge in [-0.15, -0.1) is 21.5 Å². The molecule has 1 amide bonds. The number of thiazole rings is 1. The molecule has 7 heteroatoms. The quantitative estimate of drug-likeness (QED) is 0.788. The molecule has 0 bridgehead atoms. The molecule has 3 rings (SSSR count). The first-order valence-corrected chi connectivity index (χ1v) is 6.61. The number of rotatable bonds is 3. The molecule has 0 aliphatic carbocycles. The monoisotopic (exact) mass is 273 g/mol. The molecule has 96 valence electrons. The van der Waals surface area contributed by atoms with Crippen LogP contribution in [0.1, 0.15) is 10.7 Å². The molecule has 0 saturated carbocycles. The Morgan fingerprint density at radius 2 is 2.32 bits per heavy atom. The lowest BCUT2D eigenvalue weighted by atomic mass is 10.3. The SMILES string of the molecule is Cc1nc(CC(=O)Nc2nnc3ccccn23)cs1. The second-order valence-corrected chi connectivity index (χ2v) is 5.10. The summed E-state index contributed by atoms with van der Waals surface area (Å²) in [6.07, 6.45) is 2.05. The number of carbonyl (C=O) groups excluding carboxylic acids is 1. The van der Waals surface area contributed by atoms with Crippen molar-refractivity contribution >= 4 is 28.8 Å². The zero-order valence-corrected chi connectivity index (χ0v) is 11.0. The van der Waals surface area contributed by atoms with Gasteiger partial charge in [0.15, 0.2) is 5.65 Å². The predicted molar refractivity (Wildman–Crippen MR) is 72.2 cm³/mol. The second-order valence-electron chi connectivity index (χ2n) is 4.04. The summed E-state index contributed by atoms with van der Waals surface area (Å²) in [5, 5.41) is 13.5. The molecule has 0 atom stereocenters. The fourth-order valence-electron chi connectivity index (χ4n) is 1.75. The van der Waals surface area contributed by atoms with E-state index < -0.39 is 0 Å². The predicted octanol–water partition coefficient (Wildman–Crippen LogP) is 1.68. The highest BCUT2D eigenvalue weighted by Crippen LogP contribution is 2.11. The smallest absolute Gasteiger partial charge is 0.235 e. The van der Waals surface area contributed by atoms with Gasteiger partial charge in [-0.05, 0) is 19.1 Å². The van der Waals surface area contributed by atoms with Crippen LogP contribution in [-0.2, 0) is 11.2 Å². The van der Waals surface area contributed by atoms with Crippen molar-refractivity contribution in [3.8, 4) is 0 Å². The molecule has 3 aromatic rings. The van der Waals surface area contributed by atoms with Crippen LogP contribution in [0.2, 0.25) is 0 Å². The van der Waals surface area contributed by atoms with Gasteiger partial charge in [0, 0.05) is 11.6 Å². The Hall–Kier alpha value is -2.28. The van der Waals surface area contributed by atoms with Crippen LogP contribution in [0.4, 0.5) is 5.95 Å². The molecule has 0 radical (unpaired) electrons. The van der Waals surface area contributed by atoms with Crippen LogP contribution in [0.25, 0.3) is 5.65 Å². The lowest BCUT2D eigenvalue weighted by Gasteiger charge is -2.01. The number of nitrogens with zero attached hydrogens (tertiary/aromatic N) is 4. The minimum atomic E-state index is -0.150. The molecule has 0 fully saturated rings. The van der Waals surface area contributed by atoms with Gasteiger partial charge >= 0.3 is 0 Å². The lowest BCUT2D eigenvalue weighted by Crippen LogP contribution is -2.16. The summed E-state index contributed by atoms with van der Waals surface area (Å²) in [6.45, 7) is 1.91. The highest BCUT2D eigenvalue weighted by atomic mass is 32.1. The molecule has 0 unspecified atom stereocenters. The molecule has 3 aromatic heterocycles.